The van der Waals surface area contributed by atoms with Gasteiger partial charge in [0.2, 0.25) is 0 Å². The van der Waals surface area contributed by atoms with E-state index in [2.05, 4.69) is 26.3 Å². The van der Waals surface area contributed by atoms with Gasteiger partial charge in [-0.1, -0.05) is 17.9 Å². The number of alkyl halides is 3. The summed E-state index contributed by atoms with van der Waals surface area (Å²) in [5.41, 5.74) is 0.295. The first kappa shape index (κ1) is 24.4. The van der Waals surface area contributed by atoms with E-state index in [0.29, 0.717) is 0 Å². The molecule has 0 amide bonds. The maximum Gasteiger partial charge on any atom is 0.573 e. The number of pyridine rings is 1. The number of rotatable bonds is 6. The molecule has 34 heavy (non-hydrogen) atoms. The van der Waals surface area contributed by atoms with Gasteiger partial charge in [0.1, 0.15) is 16.4 Å². The van der Waals surface area contributed by atoms with Crippen LogP contribution in [0.2, 0.25) is 0 Å². The minimum Gasteiger partial charge on any atom is -0.495 e. The lowest BCUT2D eigenvalue weighted by Gasteiger charge is -2.12. The summed E-state index contributed by atoms with van der Waals surface area (Å²) in [7, 11) is -2.91. The topological polar surface area (TPSA) is 115 Å². The average molecular weight is 492 g/mol. The lowest BCUT2D eigenvalue weighted by Crippen LogP contribution is -2.17. The number of carboxylic acid groups (broad SMARTS) is 1. The van der Waals surface area contributed by atoms with E-state index in [1.165, 1.54) is 43.6 Å². The highest BCUT2D eigenvalue weighted by molar-refractivity contribution is 7.92. The average Bonchev–Trinajstić information content (AvgIpc) is 2.77. The third-order valence-electron chi connectivity index (χ3n) is 4.14. The number of nitrogens with zero attached hydrogens (tertiary/aromatic N) is 1. The quantitative estimate of drug-likeness (QED) is 0.502. The number of methoxy groups -OCH3 is 1. The van der Waals surface area contributed by atoms with Crippen molar-refractivity contribution >= 4 is 21.7 Å². The van der Waals surface area contributed by atoms with Gasteiger partial charge < -0.3 is 14.6 Å². The summed E-state index contributed by atoms with van der Waals surface area (Å²) >= 11 is 0. The minimum absolute atomic E-state index is 0.00506. The van der Waals surface area contributed by atoms with Gasteiger partial charge in [-0.15, -0.1) is 13.2 Å². The lowest BCUT2D eigenvalue weighted by molar-refractivity contribution is -0.274. The highest BCUT2D eigenvalue weighted by Gasteiger charge is 2.31. The van der Waals surface area contributed by atoms with Gasteiger partial charge in [0.15, 0.2) is 0 Å². The van der Waals surface area contributed by atoms with Gasteiger partial charge in [0, 0.05) is 23.5 Å². The van der Waals surface area contributed by atoms with Crippen molar-refractivity contribution in [3.8, 4) is 23.3 Å². The largest absolute Gasteiger partial charge is 0.573 e. The summed E-state index contributed by atoms with van der Waals surface area (Å²) in [5.74, 6) is 3.60. The van der Waals surface area contributed by atoms with Crippen LogP contribution in [0.5, 0.6) is 11.5 Å². The molecule has 8 nitrogen and oxygen atoms in total. The van der Waals surface area contributed by atoms with E-state index in [1.807, 2.05) is 0 Å². The van der Waals surface area contributed by atoms with Crippen molar-refractivity contribution in [2.75, 3.05) is 11.8 Å². The van der Waals surface area contributed by atoms with Crippen molar-refractivity contribution < 1.29 is 41.0 Å². The van der Waals surface area contributed by atoms with E-state index in [4.69, 9.17) is 9.84 Å². The fourth-order valence-corrected chi connectivity index (χ4v) is 3.72. The smallest absolute Gasteiger partial charge is 0.495 e. The Kier molecular flexibility index (Phi) is 6.97. The number of ether oxygens (including phenoxy) is 2. The van der Waals surface area contributed by atoms with E-state index < -0.39 is 28.1 Å². The van der Waals surface area contributed by atoms with Crippen molar-refractivity contribution in [3.63, 3.8) is 0 Å². The molecule has 12 heteroatoms. The molecule has 0 bridgehead atoms. The molecular formula is C22H15F3N2O6S. The van der Waals surface area contributed by atoms with Crippen LogP contribution < -0.4 is 14.2 Å². The zero-order valence-electron chi connectivity index (χ0n) is 17.3. The Hall–Kier alpha value is -4.24. The first-order valence-corrected chi connectivity index (χ1v) is 10.7. The Balaban J connectivity index is 1.85. The van der Waals surface area contributed by atoms with Crippen LogP contribution in [0.1, 0.15) is 21.5 Å². The molecule has 0 saturated heterocycles. The van der Waals surface area contributed by atoms with Crippen molar-refractivity contribution in [2.24, 2.45) is 0 Å². The third-order valence-corrected chi connectivity index (χ3v) is 5.47. The number of halogens is 3. The molecule has 0 aliphatic rings. The summed E-state index contributed by atoms with van der Waals surface area (Å²) < 4.78 is 73.9. The lowest BCUT2D eigenvalue weighted by atomic mass is 10.2. The number of carboxylic acids is 1. The van der Waals surface area contributed by atoms with Crippen LogP contribution in [0.4, 0.5) is 18.9 Å². The maximum absolute atomic E-state index is 12.8. The van der Waals surface area contributed by atoms with E-state index in [0.717, 1.165) is 24.4 Å². The summed E-state index contributed by atoms with van der Waals surface area (Å²) in [6.45, 7) is 0. The fraction of sp³-hybridized carbons (Fsp3) is 0.0909. The molecule has 3 rings (SSSR count). The van der Waals surface area contributed by atoms with Crippen LogP contribution in [-0.4, -0.2) is 37.9 Å². The molecule has 0 unspecified atom stereocenters. The number of hydrogen-bond donors (Lipinski definition) is 2. The van der Waals surface area contributed by atoms with Crippen LogP contribution in [-0.2, 0) is 10.0 Å². The molecule has 0 radical (unpaired) electrons. The predicted octanol–water partition coefficient (Wildman–Crippen LogP) is 3.89. The van der Waals surface area contributed by atoms with Gasteiger partial charge in [-0.25, -0.2) is 13.2 Å². The number of anilines is 1. The Morgan fingerprint density at radius 2 is 1.79 bits per heavy atom. The van der Waals surface area contributed by atoms with Crippen molar-refractivity contribution in [1.82, 2.24) is 4.98 Å². The highest BCUT2D eigenvalue weighted by Crippen LogP contribution is 2.28. The summed E-state index contributed by atoms with van der Waals surface area (Å²) in [6.07, 6.45) is -2.49. The van der Waals surface area contributed by atoms with E-state index in [-0.39, 0.29) is 33.0 Å². The number of benzene rings is 2. The molecule has 0 aliphatic carbocycles. The number of aromatic nitrogens is 1. The Labute approximate surface area is 192 Å². The molecule has 0 atom stereocenters. The fourth-order valence-electron chi connectivity index (χ4n) is 2.66. The third kappa shape index (κ3) is 6.39. The van der Waals surface area contributed by atoms with Crippen LogP contribution in [0.3, 0.4) is 0 Å². The normalized spacial score (nSPS) is 11.2. The number of aromatic carboxylic acids is 1. The van der Waals surface area contributed by atoms with Crippen LogP contribution in [0.25, 0.3) is 0 Å². The highest BCUT2D eigenvalue weighted by atomic mass is 32.2. The summed E-state index contributed by atoms with van der Waals surface area (Å²) in [6, 6.07) is 9.83. The van der Waals surface area contributed by atoms with E-state index in [9.17, 15) is 26.4 Å². The molecule has 0 fully saturated rings. The van der Waals surface area contributed by atoms with Gasteiger partial charge in [-0.05, 0) is 42.5 Å². The first-order valence-electron chi connectivity index (χ1n) is 9.24. The molecule has 2 aromatic carbocycles. The Morgan fingerprint density at radius 3 is 2.47 bits per heavy atom. The minimum atomic E-state index is -4.84. The molecule has 2 N–H and O–H groups in total. The van der Waals surface area contributed by atoms with Gasteiger partial charge >= 0.3 is 12.3 Å². The standard InChI is InChI=1S/C22H15F3N2O6S/c1-32-20-11-16(21(28)29)7-8-19(20)27-34(30,31)18-10-15(12-26-13-18)6-5-14-3-2-4-17(9-14)33-22(23,24)25/h2-4,7-13,27H,1H3,(H,28,29). The molecule has 1 heterocycles. The summed E-state index contributed by atoms with van der Waals surface area (Å²) in [4.78, 5) is 14.7. The van der Waals surface area contributed by atoms with Crippen LogP contribution >= 0.6 is 0 Å². The molecule has 0 spiro atoms. The maximum atomic E-state index is 12.8. The number of sulfonamides is 1. The van der Waals surface area contributed by atoms with Gasteiger partial charge in [0.25, 0.3) is 10.0 Å². The Bertz CT molecular complexity index is 1400. The second kappa shape index (κ2) is 9.72. The molecule has 0 saturated carbocycles. The van der Waals surface area contributed by atoms with Crippen molar-refractivity contribution in [3.05, 3.63) is 77.6 Å². The second-order valence-electron chi connectivity index (χ2n) is 6.56. The second-order valence-corrected chi connectivity index (χ2v) is 8.24. The molecule has 0 aliphatic heterocycles. The number of nitrogens with one attached hydrogen (secondary N) is 1. The van der Waals surface area contributed by atoms with Crippen LogP contribution in [0.15, 0.2) is 65.8 Å². The zero-order valence-corrected chi connectivity index (χ0v) is 18.1. The Morgan fingerprint density at radius 1 is 1.06 bits per heavy atom. The van der Waals surface area contributed by atoms with Gasteiger partial charge in [-0.3, -0.25) is 9.71 Å². The van der Waals surface area contributed by atoms with Crippen molar-refractivity contribution in [2.45, 2.75) is 11.3 Å². The number of carbonyl (C=O) groups is 1. The predicted molar refractivity (Wildman–Crippen MR) is 114 cm³/mol. The van der Waals surface area contributed by atoms with E-state index >= 15 is 0 Å². The molecular weight excluding hydrogens is 477 g/mol. The van der Waals surface area contributed by atoms with Gasteiger partial charge in [0.05, 0.1) is 18.4 Å². The van der Waals surface area contributed by atoms with Crippen molar-refractivity contribution in [1.29, 1.82) is 0 Å². The monoisotopic (exact) mass is 492 g/mol. The van der Waals surface area contributed by atoms with Crippen LogP contribution in [0, 0.1) is 11.8 Å². The molecule has 176 valence electrons. The molecule has 1 aromatic heterocycles. The number of hydrogen-bond acceptors (Lipinski definition) is 6. The first-order chi connectivity index (χ1) is 16.0. The SMILES string of the molecule is COc1cc(C(=O)O)ccc1NS(=O)(=O)c1cncc(C#Cc2cccc(OC(F)(F)F)c2)c1. The van der Waals surface area contributed by atoms with E-state index in [1.54, 1.807) is 0 Å². The zero-order chi connectivity index (χ0) is 24.9. The molecule has 3 aromatic rings. The summed E-state index contributed by atoms with van der Waals surface area (Å²) in [5, 5.41) is 9.06. The van der Waals surface area contributed by atoms with Gasteiger partial charge in [-0.2, -0.15) is 0 Å².